The highest BCUT2D eigenvalue weighted by atomic mass is 32.2. The molecule has 0 N–H and O–H groups in total. The van der Waals surface area contributed by atoms with Crippen LogP contribution < -0.4 is 4.90 Å². The van der Waals surface area contributed by atoms with Crippen molar-refractivity contribution in [1.29, 1.82) is 0 Å². The Bertz CT molecular complexity index is 501. The van der Waals surface area contributed by atoms with E-state index in [4.69, 9.17) is 0 Å². The lowest BCUT2D eigenvalue weighted by Gasteiger charge is -2.34. The first-order valence-electron chi connectivity index (χ1n) is 5.73. The predicted octanol–water partition coefficient (Wildman–Crippen LogP) is 1.15. The topological polar surface area (TPSA) is 63.2 Å². The second kappa shape index (κ2) is 4.60. The van der Waals surface area contributed by atoms with Gasteiger partial charge in [-0.1, -0.05) is 0 Å². The highest BCUT2D eigenvalue weighted by Gasteiger charge is 2.32. The van der Waals surface area contributed by atoms with Crippen LogP contribution in [0.4, 0.5) is 5.95 Å². The summed E-state index contributed by atoms with van der Waals surface area (Å²) in [6.07, 6.45) is 5.55. The zero-order chi connectivity index (χ0) is 12.5. The summed E-state index contributed by atoms with van der Waals surface area (Å²) in [7, 11) is -3.09. The number of hydrogen-bond donors (Lipinski definition) is 0. The molecule has 1 aliphatic rings. The van der Waals surface area contributed by atoms with Gasteiger partial charge in [-0.2, -0.15) is 0 Å². The summed E-state index contributed by atoms with van der Waals surface area (Å²) in [5.74, 6) is 0.528. The van der Waals surface area contributed by atoms with E-state index in [0.717, 1.165) is 18.5 Å². The summed E-state index contributed by atoms with van der Waals surface area (Å²) in [4.78, 5) is 10.3. The standard InChI is InChI=1S/C11H17N3O2S/c1-9-6-7-12-11(13-9)14-8-4-3-5-10(14)17(2,15)16/h6-7,10H,3-5,8H2,1-2H3. The van der Waals surface area contributed by atoms with Gasteiger partial charge in [0.1, 0.15) is 5.37 Å². The van der Waals surface area contributed by atoms with Gasteiger partial charge in [-0.25, -0.2) is 18.4 Å². The molecule has 0 radical (unpaired) electrons. The Morgan fingerprint density at radius 3 is 2.82 bits per heavy atom. The maximum absolute atomic E-state index is 11.8. The van der Waals surface area contributed by atoms with Crippen LogP contribution in [0.2, 0.25) is 0 Å². The number of hydrogen-bond acceptors (Lipinski definition) is 5. The molecule has 0 saturated carbocycles. The van der Waals surface area contributed by atoms with E-state index in [1.807, 2.05) is 17.9 Å². The van der Waals surface area contributed by atoms with Crippen molar-refractivity contribution in [2.75, 3.05) is 17.7 Å². The van der Waals surface area contributed by atoms with Gasteiger partial charge in [0.2, 0.25) is 5.95 Å². The Balaban J connectivity index is 2.34. The second-order valence-corrected chi connectivity index (χ2v) is 6.67. The minimum Gasteiger partial charge on any atom is -0.324 e. The number of piperidine rings is 1. The molecule has 0 aromatic carbocycles. The SMILES string of the molecule is Cc1ccnc(N2CCCCC2S(C)(=O)=O)n1. The van der Waals surface area contributed by atoms with Crippen molar-refractivity contribution in [2.45, 2.75) is 31.6 Å². The molecule has 0 spiro atoms. The first kappa shape index (κ1) is 12.3. The van der Waals surface area contributed by atoms with E-state index >= 15 is 0 Å². The van der Waals surface area contributed by atoms with E-state index in [1.165, 1.54) is 6.26 Å². The van der Waals surface area contributed by atoms with Gasteiger partial charge >= 0.3 is 0 Å². The van der Waals surface area contributed by atoms with Gasteiger partial charge < -0.3 is 4.90 Å². The van der Waals surface area contributed by atoms with Crippen LogP contribution in [-0.2, 0) is 9.84 Å². The molecule has 1 aromatic heterocycles. The maximum Gasteiger partial charge on any atom is 0.226 e. The molecule has 17 heavy (non-hydrogen) atoms. The quantitative estimate of drug-likeness (QED) is 0.793. The molecular weight excluding hydrogens is 238 g/mol. The molecule has 1 unspecified atom stereocenters. The number of rotatable bonds is 2. The fraction of sp³-hybridized carbons (Fsp3) is 0.636. The fourth-order valence-corrected chi connectivity index (χ4v) is 3.41. The minimum absolute atomic E-state index is 0.474. The molecule has 5 nitrogen and oxygen atoms in total. The van der Waals surface area contributed by atoms with Gasteiger partial charge in [0.25, 0.3) is 0 Å². The Morgan fingerprint density at radius 2 is 2.18 bits per heavy atom. The maximum atomic E-state index is 11.8. The van der Waals surface area contributed by atoms with E-state index in [1.54, 1.807) is 6.20 Å². The van der Waals surface area contributed by atoms with Crippen LogP contribution in [0.1, 0.15) is 25.0 Å². The summed E-state index contributed by atoms with van der Waals surface area (Å²) in [6, 6.07) is 1.81. The molecule has 1 aliphatic heterocycles. The molecule has 1 aromatic rings. The summed E-state index contributed by atoms with van der Waals surface area (Å²) in [5, 5.41) is -0.474. The third-order valence-electron chi connectivity index (χ3n) is 2.98. The normalized spacial score (nSPS) is 21.5. The molecule has 1 atom stereocenters. The second-order valence-electron chi connectivity index (χ2n) is 4.47. The molecule has 2 rings (SSSR count). The molecule has 0 amide bonds. The van der Waals surface area contributed by atoms with Crippen molar-refractivity contribution < 1.29 is 8.42 Å². The van der Waals surface area contributed by atoms with Crippen molar-refractivity contribution in [3.05, 3.63) is 18.0 Å². The number of sulfone groups is 1. The molecule has 1 saturated heterocycles. The summed E-state index contributed by atoms with van der Waals surface area (Å²) in [5.41, 5.74) is 0.854. The van der Waals surface area contributed by atoms with Crippen LogP contribution in [0.25, 0.3) is 0 Å². The number of aryl methyl sites for hydroxylation is 1. The highest BCUT2D eigenvalue weighted by molar-refractivity contribution is 7.91. The van der Waals surface area contributed by atoms with Crippen molar-refractivity contribution in [3.8, 4) is 0 Å². The fourth-order valence-electron chi connectivity index (χ4n) is 2.15. The van der Waals surface area contributed by atoms with Crippen LogP contribution in [0, 0.1) is 6.92 Å². The summed E-state index contributed by atoms with van der Waals surface area (Å²) in [6.45, 7) is 2.59. The number of anilines is 1. The zero-order valence-electron chi connectivity index (χ0n) is 10.1. The molecule has 2 heterocycles. The third-order valence-corrected chi connectivity index (χ3v) is 4.46. The van der Waals surface area contributed by atoms with Crippen molar-refractivity contribution in [1.82, 2.24) is 9.97 Å². The molecule has 0 aliphatic carbocycles. The smallest absolute Gasteiger partial charge is 0.226 e. The van der Waals surface area contributed by atoms with Crippen LogP contribution in [0.3, 0.4) is 0 Å². The summed E-state index contributed by atoms with van der Waals surface area (Å²) < 4.78 is 23.5. The lowest BCUT2D eigenvalue weighted by atomic mass is 10.1. The Kier molecular flexibility index (Phi) is 3.33. The van der Waals surface area contributed by atoms with Gasteiger partial charge in [-0.3, -0.25) is 0 Å². The van der Waals surface area contributed by atoms with E-state index in [0.29, 0.717) is 18.9 Å². The van der Waals surface area contributed by atoms with Gasteiger partial charge in [-0.05, 0) is 32.3 Å². The molecule has 94 valence electrons. The van der Waals surface area contributed by atoms with Gasteiger partial charge in [0.05, 0.1) is 0 Å². The third kappa shape index (κ3) is 2.74. The van der Waals surface area contributed by atoms with Crippen LogP contribution in [0.5, 0.6) is 0 Å². The summed E-state index contributed by atoms with van der Waals surface area (Å²) >= 11 is 0. The van der Waals surface area contributed by atoms with Crippen molar-refractivity contribution in [2.24, 2.45) is 0 Å². The number of aromatic nitrogens is 2. The Hall–Kier alpha value is -1.17. The largest absolute Gasteiger partial charge is 0.324 e. The molecular formula is C11H17N3O2S. The zero-order valence-corrected chi connectivity index (χ0v) is 10.9. The minimum atomic E-state index is -3.09. The predicted molar refractivity (Wildman–Crippen MR) is 66.6 cm³/mol. The van der Waals surface area contributed by atoms with E-state index in [9.17, 15) is 8.42 Å². The van der Waals surface area contributed by atoms with Crippen LogP contribution in [0.15, 0.2) is 12.3 Å². The van der Waals surface area contributed by atoms with E-state index in [-0.39, 0.29) is 0 Å². The highest BCUT2D eigenvalue weighted by Crippen LogP contribution is 2.24. The van der Waals surface area contributed by atoms with Crippen LogP contribution >= 0.6 is 0 Å². The lowest BCUT2D eigenvalue weighted by Crippen LogP contribution is -2.45. The first-order valence-corrected chi connectivity index (χ1v) is 7.69. The van der Waals surface area contributed by atoms with Crippen molar-refractivity contribution in [3.63, 3.8) is 0 Å². The average Bonchev–Trinajstić information content (AvgIpc) is 2.28. The monoisotopic (exact) mass is 255 g/mol. The van der Waals surface area contributed by atoms with Gasteiger partial charge in [0, 0.05) is 24.7 Å². The first-order chi connectivity index (χ1) is 7.98. The molecule has 0 bridgehead atoms. The molecule has 1 fully saturated rings. The Labute approximate surface area is 102 Å². The van der Waals surface area contributed by atoms with Gasteiger partial charge in [-0.15, -0.1) is 0 Å². The molecule has 6 heteroatoms. The van der Waals surface area contributed by atoms with E-state index < -0.39 is 15.2 Å². The average molecular weight is 255 g/mol. The van der Waals surface area contributed by atoms with Crippen molar-refractivity contribution >= 4 is 15.8 Å². The Morgan fingerprint density at radius 1 is 1.41 bits per heavy atom. The number of nitrogens with zero attached hydrogens (tertiary/aromatic N) is 3. The van der Waals surface area contributed by atoms with Gasteiger partial charge in [0.15, 0.2) is 9.84 Å². The lowest BCUT2D eigenvalue weighted by molar-refractivity contribution is 0.504. The van der Waals surface area contributed by atoms with E-state index in [2.05, 4.69) is 9.97 Å². The van der Waals surface area contributed by atoms with Crippen LogP contribution in [-0.4, -0.2) is 36.6 Å².